The highest BCUT2D eigenvalue weighted by molar-refractivity contribution is 5.34. The largest absolute Gasteiger partial charge is 0.395 e. The molecular weight excluding hydrogens is 228 g/mol. The van der Waals surface area contributed by atoms with E-state index in [0.717, 1.165) is 18.4 Å². The van der Waals surface area contributed by atoms with Crippen LogP contribution < -0.4 is 0 Å². The fraction of sp³-hybridized carbons (Fsp3) is 0.733. The van der Waals surface area contributed by atoms with E-state index < -0.39 is 6.10 Å². The topological polar surface area (TPSA) is 49.7 Å². The van der Waals surface area contributed by atoms with Crippen LogP contribution >= 0.6 is 0 Å². The van der Waals surface area contributed by atoms with Gasteiger partial charge in [0.2, 0.25) is 0 Å². The molecule has 3 rings (SSSR count). The Hall–Kier alpha value is -0.640. The third kappa shape index (κ3) is 1.25. The molecule has 2 aliphatic carbocycles. The molecule has 3 heteroatoms. The Morgan fingerprint density at radius 2 is 2.28 bits per heavy atom. The lowest BCUT2D eigenvalue weighted by molar-refractivity contribution is -0.148. The summed E-state index contributed by atoms with van der Waals surface area (Å²) < 4.78 is 6.10. The van der Waals surface area contributed by atoms with Crippen LogP contribution in [-0.4, -0.2) is 35.1 Å². The van der Waals surface area contributed by atoms with Crippen molar-refractivity contribution in [1.29, 1.82) is 0 Å². The smallest absolute Gasteiger partial charge is 0.105 e. The van der Waals surface area contributed by atoms with Gasteiger partial charge in [-0.1, -0.05) is 25.2 Å². The normalized spacial score (nSPS) is 51.0. The molecule has 1 saturated carbocycles. The second-order valence-corrected chi connectivity index (χ2v) is 6.46. The van der Waals surface area contributed by atoms with Crippen molar-refractivity contribution in [3.63, 3.8) is 0 Å². The third-order valence-electron chi connectivity index (χ3n) is 5.63. The van der Waals surface area contributed by atoms with E-state index in [2.05, 4.69) is 26.5 Å². The summed E-state index contributed by atoms with van der Waals surface area (Å²) in [7, 11) is 0. The number of aliphatic hydroxyl groups excluding tert-OH is 2. The number of fused-ring (bicyclic) bond motifs is 4. The van der Waals surface area contributed by atoms with E-state index in [1.54, 1.807) is 0 Å². The van der Waals surface area contributed by atoms with Gasteiger partial charge >= 0.3 is 0 Å². The summed E-state index contributed by atoms with van der Waals surface area (Å²) in [5.74, 6) is 0. The molecule has 2 fully saturated rings. The molecule has 0 radical (unpaired) electrons. The van der Waals surface area contributed by atoms with Crippen LogP contribution in [0.3, 0.4) is 0 Å². The molecule has 18 heavy (non-hydrogen) atoms. The van der Waals surface area contributed by atoms with Crippen molar-refractivity contribution in [2.45, 2.75) is 51.4 Å². The SMILES string of the molecule is C=C1[C@@H]2O[C@@H]3CC(C)=CC[C@]3(C)[C@@]1(CO)C[C@H]2O. The average molecular weight is 250 g/mol. The van der Waals surface area contributed by atoms with Crippen LogP contribution in [0.2, 0.25) is 0 Å². The molecule has 1 saturated heterocycles. The second kappa shape index (κ2) is 3.69. The fourth-order valence-electron chi connectivity index (χ4n) is 4.22. The molecule has 5 atom stereocenters. The van der Waals surface area contributed by atoms with Gasteiger partial charge < -0.3 is 14.9 Å². The molecule has 0 aromatic rings. The lowest BCUT2D eigenvalue weighted by Gasteiger charge is -2.55. The van der Waals surface area contributed by atoms with Gasteiger partial charge in [0.1, 0.15) is 6.10 Å². The van der Waals surface area contributed by atoms with E-state index in [4.69, 9.17) is 4.74 Å². The molecule has 1 heterocycles. The molecule has 2 bridgehead atoms. The van der Waals surface area contributed by atoms with Gasteiger partial charge in [0.15, 0.2) is 0 Å². The van der Waals surface area contributed by atoms with E-state index in [1.165, 1.54) is 5.57 Å². The highest BCUT2D eigenvalue weighted by Gasteiger charge is 2.65. The van der Waals surface area contributed by atoms with Crippen molar-refractivity contribution in [1.82, 2.24) is 0 Å². The molecule has 0 amide bonds. The van der Waals surface area contributed by atoms with Crippen molar-refractivity contribution in [3.05, 3.63) is 23.8 Å². The first-order chi connectivity index (χ1) is 8.44. The quantitative estimate of drug-likeness (QED) is 0.698. The predicted molar refractivity (Wildman–Crippen MR) is 69.0 cm³/mol. The zero-order chi connectivity index (χ0) is 13.1. The van der Waals surface area contributed by atoms with Crippen LogP contribution in [0, 0.1) is 10.8 Å². The molecule has 1 aliphatic heterocycles. The lowest BCUT2D eigenvalue weighted by Crippen LogP contribution is -2.56. The minimum Gasteiger partial charge on any atom is -0.395 e. The Bertz CT molecular complexity index is 427. The third-order valence-corrected chi connectivity index (χ3v) is 5.63. The van der Waals surface area contributed by atoms with E-state index in [0.29, 0.717) is 6.42 Å². The van der Waals surface area contributed by atoms with Crippen molar-refractivity contribution in [2.24, 2.45) is 10.8 Å². The summed E-state index contributed by atoms with van der Waals surface area (Å²) in [5, 5.41) is 20.2. The first kappa shape index (κ1) is 12.4. The maximum atomic E-state index is 10.2. The summed E-state index contributed by atoms with van der Waals surface area (Å²) >= 11 is 0. The number of ether oxygens (including phenoxy) is 1. The zero-order valence-electron chi connectivity index (χ0n) is 11.1. The van der Waals surface area contributed by atoms with Crippen molar-refractivity contribution >= 4 is 0 Å². The number of hydrogen-bond acceptors (Lipinski definition) is 3. The van der Waals surface area contributed by atoms with Gasteiger partial charge in [-0.2, -0.15) is 0 Å². The van der Waals surface area contributed by atoms with Crippen molar-refractivity contribution < 1.29 is 14.9 Å². The molecule has 3 nitrogen and oxygen atoms in total. The molecule has 0 aromatic carbocycles. The number of allylic oxidation sites excluding steroid dienone is 1. The molecule has 100 valence electrons. The number of hydrogen-bond donors (Lipinski definition) is 2. The summed E-state index contributed by atoms with van der Waals surface area (Å²) in [4.78, 5) is 0. The van der Waals surface area contributed by atoms with E-state index in [1.807, 2.05) is 0 Å². The Kier molecular flexibility index (Phi) is 2.54. The summed E-state index contributed by atoms with van der Waals surface area (Å²) in [6.45, 7) is 8.48. The van der Waals surface area contributed by atoms with Crippen LogP contribution in [0.1, 0.15) is 33.1 Å². The van der Waals surface area contributed by atoms with Gasteiger partial charge in [-0.25, -0.2) is 0 Å². The maximum absolute atomic E-state index is 10.2. The van der Waals surface area contributed by atoms with Crippen LogP contribution in [0.25, 0.3) is 0 Å². The minimum atomic E-state index is -0.521. The van der Waals surface area contributed by atoms with Crippen LogP contribution in [0.4, 0.5) is 0 Å². The standard InChI is InChI=1S/C15H22O3/c1-9-4-5-14(3)12(6-9)18-13-10(2)15(14,8-16)7-11(13)17/h4,11-13,16-17H,2,5-8H2,1,3H3/t11-,12-,13+,14+,15-/m1/s1. The highest BCUT2D eigenvalue weighted by atomic mass is 16.5. The van der Waals surface area contributed by atoms with Crippen molar-refractivity contribution in [2.75, 3.05) is 6.61 Å². The molecule has 0 unspecified atom stereocenters. The predicted octanol–water partition coefficient (Wildman–Crippen LogP) is 1.80. The molecule has 3 aliphatic rings. The van der Waals surface area contributed by atoms with Crippen LogP contribution in [0.15, 0.2) is 23.8 Å². The van der Waals surface area contributed by atoms with Gasteiger partial charge in [-0.15, -0.1) is 0 Å². The first-order valence-corrected chi connectivity index (χ1v) is 6.74. The van der Waals surface area contributed by atoms with E-state index >= 15 is 0 Å². The average Bonchev–Trinajstić information content (AvgIpc) is 2.52. The minimum absolute atomic E-state index is 0.0582. The van der Waals surface area contributed by atoms with Gasteiger partial charge in [0.05, 0.1) is 18.8 Å². The Labute approximate surface area is 108 Å². The maximum Gasteiger partial charge on any atom is 0.105 e. The Morgan fingerprint density at radius 1 is 1.56 bits per heavy atom. The van der Waals surface area contributed by atoms with Crippen LogP contribution in [0.5, 0.6) is 0 Å². The van der Waals surface area contributed by atoms with E-state index in [9.17, 15) is 10.2 Å². The molecule has 0 aromatic heterocycles. The highest BCUT2D eigenvalue weighted by Crippen LogP contribution is 2.64. The second-order valence-electron chi connectivity index (χ2n) is 6.46. The molecule has 2 N–H and O–H groups in total. The summed E-state index contributed by atoms with van der Waals surface area (Å²) in [5.41, 5.74) is 1.71. The monoisotopic (exact) mass is 250 g/mol. The van der Waals surface area contributed by atoms with Crippen LogP contribution in [-0.2, 0) is 4.74 Å². The van der Waals surface area contributed by atoms with Crippen molar-refractivity contribution in [3.8, 4) is 0 Å². The lowest BCUT2D eigenvalue weighted by atomic mass is 9.54. The Balaban J connectivity index is 2.10. The Morgan fingerprint density at radius 3 is 2.94 bits per heavy atom. The first-order valence-electron chi connectivity index (χ1n) is 6.74. The zero-order valence-corrected chi connectivity index (χ0v) is 11.1. The van der Waals surface area contributed by atoms with Gasteiger partial charge in [-0.3, -0.25) is 0 Å². The molecule has 0 spiro atoms. The van der Waals surface area contributed by atoms with Gasteiger partial charge in [-0.05, 0) is 31.8 Å². The number of rotatable bonds is 1. The summed E-state index contributed by atoms with van der Waals surface area (Å²) in [6.07, 6.45) is 3.88. The van der Waals surface area contributed by atoms with Gasteiger partial charge in [0, 0.05) is 10.8 Å². The summed E-state index contributed by atoms with van der Waals surface area (Å²) in [6, 6.07) is 0. The van der Waals surface area contributed by atoms with Gasteiger partial charge in [0.25, 0.3) is 0 Å². The van der Waals surface area contributed by atoms with E-state index in [-0.39, 0.29) is 29.6 Å². The molecular formula is C15H22O3. The number of aliphatic hydroxyl groups is 2. The fourth-order valence-corrected chi connectivity index (χ4v) is 4.22.